The fraction of sp³-hybridized carbons (Fsp3) is 0.357. The first kappa shape index (κ1) is 11.7. The lowest BCUT2D eigenvalue weighted by Crippen LogP contribution is -2.21. The second-order valence-corrected chi connectivity index (χ2v) is 4.22. The van der Waals surface area contributed by atoms with Gasteiger partial charge in [0, 0.05) is 41.4 Å². The molecule has 0 spiro atoms. The summed E-state index contributed by atoms with van der Waals surface area (Å²) >= 11 is 0. The summed E-state index contributed by atoms with van der Waals surface area (Å²) in [4.78, 5) is 17.4. The standard InChI is InChI=1S/C14H18N2O/c1-4-16(5-2)11-6-7-13-12(9-11)14(17)8-10(3)15-13/h6-9H,4-5H2,1-3H3,(H,15,17). The van der Waals surface area contributed by atoms with Crippen LogP contribution in [0.3, 0.4) is 0 Å². The highest BCUT2D eigenvalue weighted by molar-refractivity contribution is 5.82. The monoisotopic (exact) mass is 230 g/mol. The van der Waals surface area contributed by atoms with Crippen molar-refractivity contribution in [2.24, 2.45) is 0 Å². The van der Waals surface area contributed by atoms with Crippen molar-refractivity contribution in [2.75, 3.05) is 18.0 Å². The molecule has 1 aromatic carbocycles. The van der Waals surface area contributed by atoms with Crippen LogP contribution in [-0.2, 0) is 0 Å². The molecule has 2 rings (SSSR count). The van der Waals surface area contributed by atoms with Crippen molar-refractivity contribution < 1.29 is 0 Å². The van der Waals surface area contributed by atoms with Crippen molar-refractivity contribution >= 4 is 16.6 Å². The van der Waals surface area contributed by atoms with E-state index in [1.54, 1.807) is 6.07 Å². The minimum Gasteiger partial charge on any atom is -0.372 e. The van der Waals surface area contributed by atoms with Crippen LogP contribution >= 0.6 is 0 Å². The molecule has 17 heavy (non-hydrogen) atoms. The quantitative estimate of drug-likeness (QED) is 0.880. The molecule has 0 amide bonds. The molecule has 0 radical (unpaired) electrons. The summed E-state index contributed by atoms with van der Waals surface area (Å²) < 4.78 is 0. The molecule has 90 valence electrons. The fourth-order valence-corrected chi connectivity index (χ4v) is 2.15. The Labute approximate surface area is 101 Å². The summed E-state index contributed by atoms with van der Waals surface area (Å²) in [5.74, 6) is 0. The number of anilines is 1. The van der Waals surface area contributed by atoms with Crippen LogP contribution in [0.15, 0.2) is 29.1 Å². The van der Waals surface area contributed by atoms with Crippen molar-refractivity contribution in [1.29, 1.82) is 0 Å². The third-order valence-electron chi connectivity index (χ3n) is 3.08. The Bertz CT molecular complexity index is 582. The van der Waals surface area contributed by atoms with Crippen LogP contribution in [0.1, 0.15) is 19.5 Å². The SMILES string of the molecule is CCN(CC)c1ccc2[nH]c(C)cc(=O)c2c1. The van der Waals surface area contributed by atoms with E-state index >= 15 is 0 Å². The van der Waals surface area contributed by atoms with Crippen molar-refractivity contribution in [3.8, 4) is 0 Å². The molecule has 3 heteroatoms. The number of nitrogens with one attached hydrogen (secondary N) is 1. The molecule has 2 aromatic rings. The maximum atomic E-state index is 11.9. The molecule has 0 atom stereocenters. The second kappa shape index (κ2) is 4.62. The highest BCUT2D eigenvalue weighted by atomic mass is 16.1. The minimum absolute atomic E-state index is 0.0882. The van der Waals surface area contributed by atoms with E-state index in [4.69, 9.17) is 0 Å². The van der Waals surface area contributed by atoms with Crippen molar-refractivity contribution in [2.45, 2.75) is 20.8 Å². The smallest absolute Gasteiger partial charge is 0.189 e. The molecule has 0 aliphatic heterocycles. The van der Waals surface area contributed by atoms with Gasteiger partial charge in [-0.2, -0.15) is 0 Å². The Morgan fingerprint density at radius 3 is 2.53 bits per heavy atom. The molecule has 1 heterocycles. The number of H-pyrrole nitrogens is 1. The highest BCUT2D eigenvalue weighted by Crippen LogP contribution is 2.18. The molecule has 0 saturated heterocycles. The summed E-state index contributed by atoms with van der Waals surface area (Å²) in [7, 11) is 0. The zero-order valence-electron chi connectivity index (χ0n) is 10.6. The van der Waals surface area contributed by atoms with E-state index in [-0.39, 0.29) is 5.43 Å². The van der Waals surface area contributed by atoms with Crippen molar-refractivity contribution in [3.63, 3.8) is 0 Å². The number of aromatic nitrogens is 1. The lowest BCUT2D eigenvalue weighted by molar-refractivity contribution is 0.867. The number of aryl methyl sites for hydroxylation is 1. The van der Waals surface area contributed by atoms with Crippen molar-refractivity contribution in [1.82, 2.24) is 4.98 Å². The minimum atomic E-state index is 0.0882. The molecule has 0 aliphatic carbocycles. The Morgan fingerprint density at radius 2 is 1.88 bits per heavy atom. The van der Waals surface area contributed by atoms with E-state index < -0.39 is 0 Å². The lowest BCUT2D eigenvalue weighted by Gasteiger charge is -2.21. The fourth-order valence-electron chi connectivity index (χ4n) is 2.15. The summed E-state index contributed by atoms with van der Waals surface area (Å²) in [6.07, 6.45) is 0. The van der Waals surface area contributed by atoms with Gasteiger partial charge < -0.3 is 9.88 Å². The molecule has 1 aromatic heterocycles. The highest BCUT2D eigenvalue weighted by Gasteiger charge is 2.05. The van der Waals surface area contributed by atoms with Crippen LogP contribution in [0.25, 0.3) is 10.9 Å². The first-order chi connectivity index (χ1) is 8.15. The van der Waals surface area contributed by atoms with Gasteiger partial charge in [0.25, 0.3) is 0 Å². The van der Waals surface area contributed by atoms with E-state index in [9.17, 15) is 4.79 Å². The Kier molecular flexibility index (Phi) is 3.18. The molecular formula is C14H18N2O. The van der Waals surface area contributed by atoms with E-state index in [1.807, 2.05) is 19.1 Å². The van der Waals surface area contributed by atoms with Crippen LogP contribution in [-0.4, -0.2) is 18.1 Å². The number of aromatic amines is 1. The van der Waals surface area contributed by atoms with Gasteiger partial charge in [0.2, 0.25) is 0 Å². The van der Waals surface area contributed by atoms with E-state index in [1.165, 1.54) is 0 Å². The predicted octanol–water partition coefficient (Wildman–Crippen LogP) is 2.68. The Morgan fingerprint density at radius 1 is 1.18 bits per heavy atom. The molecule has 1 N–H and O–H groups in total. The largest absolute Gasteiger partial charge is 0.372 e. The first-order valence-corrected chi connectivity index (χ1v) is 6.04. The number of nitrogens with zero attached hydrogens (tertiary/aromatic N) is 1. The maximum absolute atomic E-state index is 11.9. The van der Waals surface area contributed by atoms with Gasteiger partial charge in [-0.3, -0.25) is 4.79 Å². The van der Waals surface area contributed by atoms with Crippen LogP contribution in [0, 0.1) is 6.92 Å². The molecular weight excluding hydrogens is 212 g/mol. The van der Waals surface area contributed by atoms with E-state index in [0.29, 0.717) is 0 Å². The van der Waals surface area contributed by atoms with E-state index in [2.05, 4.69) is 29.8 Å². The molecule has 0 bridgehead atoms. The number of benzene rings is 1. The van der Waals surface area contributed by atoms with Crippen LogP contribution < -0.4 is 10.3 Å². The van der Waals surface area contributed by atoms with E-state index in [0.717, 1.165) is 35.4 Å². The first-order valence-electron chi connectivity index (χ1n) is 6.04. The third kappa shape index (κ3) is 2.18. The molecule has 3 nitrogen and oxygen atoms in total. The molecule has 0 saturated carbocycles. The number of pyridine rings is 1. The normalized spacial score (nSPS) is 10.8. The lowest BCUT2D eigenvalue weighted by atomic mass is 10.1. The van der Waals surface area contributed by atoms with Gasteiger partial charge in [-0.05, 0) is 39.0 Å². The number of rotatable bonds is 3. The van der Waals surface area contributed by atoms with Crippen LogP contribution in [0.5, 0.6) is 0 Å². The zero-order valence-corrected chi connectivity index (χ0v) is 10.6. The van der Waals surface area contributed by atoms with Gasteiger partial charge in [0.1, 0.15) is 0 Å². The molecule has 0 unspecified atom stereocenters. The topological polar surface area (TPSA) is 36.1 Å². The van der Waals surface area contributed by atoms with Gasteiger partial charge >= 0.3 is 0 Å². The Balaban J connectivity index is 2.61. The summed E-state index contributed by atoms with van der Waals surface area (Å²) in [5, 5.41) is 0.764. The average Bonchev–Trinajstić information content (AvgIpc) is 2.31. The van der Waals surface area contributed by atoms with Crippen molar-refractivity contribution in [3.05, 3.63) is 40.2 Å². The summed E-state index contributed by atoms with van der Waals surface area (Å²) in [5.41, 5.74) is 3.01. The maximum Gasteiger partial charge on any atom is 0.189 e. The van der Waals surface area contributed by atoms with Crippen LogP contribution in [0.4, 0.5) is 5.69 Å². The Hall–Kier alpha value is -1.77. The number of hydrogen-bond donors (Lipinski definition) is 1. The third-order valence-corrected chi connectivity index (χ3v) is 3.08. The van der Waals surface area contributed by atoms with Gasteiger partial charge in [-0.25, -0.2) is 0 Å². The predicted molar refractivity (Wildman–Crippen MR) is 72.9 cm³/mol. The average molecular weight is 230 g/mol. The second-order valence-electron chi connectivity index (χ2n) is 4.22. The van der Waals surface area contributed by atoms with Gasteiger partial charge in [-0.15, -0.1) is 0 Å². The van der Waals surface area contributed by atoms with Gasteiger partial charge in [0.05, 0.1) is 0 Å². The molecule has 0 fully saturated rings. The number of fused-ring (bicyclic) bond motifs is 1. The van der Waals surface area contributed by atoms with Gasteiger partial charge in [-0.1, -0.05) is 0 Å². The summed E-state index contributed by atoms with van der Waals surface area (Å²) in [6.45, 7) is 8.04. The molecule has 0 aliphatic rings. The summed E-state index contributed by atoms with van der Waals surface area (Å²) in [6, 6.07) is 7.66. The zero-order chi connectivity index (χ0) is 12.4. The van der Waals surface area contributed by atoms with Crippen LogP contribution in [0.2, 0.25) is 0 Å². The van der Waals surface area contributed by atoms with Gasteiger partial charge in [0.15, 0.2) is 5.43 Å². The number of hydrogen-bond acceptors (Lipinski definition) is 2.